The van der Waals surface area contributed by atoms with Crippen LogP contribution >= 0.6 is 22.7 Å². The minimum atomic E-state index is -3.47. The first-order valence-electron chi connectivity index (χ1n) is 8.74. The second-order valence-electron chi connectivity index (χ2n) is 6.37. The summed E-state index contributed by atoms with van der Waals surface area (Å²) >= 11 is 2.77. The molecule has 0 aliphatic carbocycles. The number of carbonyl (C=O) groups excluding carboxylic acids is 1. The van der Waals surface area contributed by atoms with Crippen molar-refractivity contribution in [3.05, 3.63) is 40.4 Å². The average Bonchev–Trinajstić information content (AvgIpc) is 3.39. The summed E-state index contributed by atoms with van der Waals surface area (Å²) in [5, 5.41) is 5.96. The average molecular weight is 435 g/mol. The fourth-order valence-corrected chi connectivity index (χ4v) is 6.07. The van der Waals surface area contributed by atoms with E-state index in [0.717, 1.165) is 28.2 Å². The van der Waals surface area contributed by atoms with Crippen molar-refractivity contribution in [2.24, 2.45) is 0 Å². The number of hydrogen-bond donors (Lipinski definition) is 1. The van der Waals surface area contributed by atoms with E-state index in [1.807, 2.05) is 12.3 Å². The first-order chi connectivity index (χ1) is 13.4. The van der Waals surface area contributed by atoms with Crippen LogP contribution in [0.5, 0.6) is 0 Å². The lowest BCUT2D eigenvalue weighted by Crippen LogP contribution is -2.27. The molecule has 3 aromatic rings. The predicted molar refractivity (Wildman–Crippen MR) is 112 cm³/mol. The molecular formula is C18H18N4O3S3. The van der Waals surface area contributed by atoms with Crippen LogP contribution in [0.3, 0.4) is 0 Å². The maximum atomic E-state index is 12.7. The second kappa shape index (κ2) is 7.70. The van der Waals surface area contributed by atoms with Gasteiger partial charge in [-0.25, -0.2) is 18.4 Å². The van der Waals surface area contributed by atoms with Crippen molar-refractivity contribution in [2.45, 2.75) is 24.7 Å². The van der Waals surface area contributed by atoms with Crippen LogP contribution in [0, 0.1) is 6.92 Å². The Balaban J connectivity index is 1.51. The van der Waals surface area contributed by atoms with Crippen molar-refractivity contribution in [2.75, 3.05) is 18.4 Å². The van der Waals surface area contributed by atoms with Crippen molar-refractivity contribution < 1.29 is 13.2 Å². The van der Waals surface area contributed by atoms with Gasteiger partial charge in [-0.3, -0.25) is 10.1 Å². The smallest absolute Gasteiger partial charge is 0.250 e. The standard InChI is InChI=1S/C18H18N4O3S3/c1-12-19-13(11-26-12)4-7-17(23)21-18-20-15-6-5-14(10-16(15)27-18)28(24,25)22-8-2-3-9-22/h4-7,10-11H,2-3,8-9H2,1H3,(H,20,21,23)/b7-4+. The van der Waals surface area contributed by atoms with E-state index < -0.39 is 10.0 Å². The SMILES string of the molecule is Cc1nc(/C=C/C(=O)Nc2nc3ccc(S(=O)(=O)N4CCCC4)cc3s2)cs1. The number of anilines is 1. The van der Waals surface area contributed by atoms with E-state index in [9.17, 15) is 13.2 Å². The monoisotopic (exact) mass is 434 g/mol. The van der Waals surface area contributed by atoms with Crippen molar-refractivity contribution in [3.8, 4) is 0 Å². The molecule has 1 fully saturated rings. The number of hydrogen-bond acceptors (Lipinski definition) is 7. The number of aryl methyl sites for hydroxylation is 1. The fraction of sp³-hybridized carbons (Fsp3) is 0.278. The zero-order chi connectivity index (χ0) is 19.7. The summed E-state index contributed by atoms with van der Waals surface area (Å²) in [6, 6.07) is 4.88. The van der Waals surface area contributed by atoms with Crippen molar-refractivity contribution >= 4 is 60.0 Å². The number of amides is 1. The van der Waals surface area contributed by atoms with Crippen LogP contribution in [0.1, 0.15) is 23.5 Å². The summed E-state index contributed by atoms with van der Waals surface area (Å²) in [6.45, 7) is 3.03. The van der Waals surface area contributed by atoms with E-state index in [1.165, 1.54) is 33.1 Å². The molecule has 1 N–H and O–H groups in total. The Hall–Kier alpha value is -2.14. The molecule has 1 saturated heterocycles. The molecule has 1 aromatic carbocycles. The highest BCUT2D eigenvalue weighted by Crippen LogP contribution is 2.30. The number of nitrogens with one attached hydrogen (secondary N) is 1. The van der Waals surface area contributed by atoms with E-state index in [4.69, 9.17) is 0 Å². The maximum absolute atomic E-state index is 12.7. The van der Waals surface area contributed by atoms with Gasteiger partial charge in [0.15, 0.2) is 5.13 Å². The van der Waals surface area contributed by atoms with Crippen molar-refractivity contribution in [1.29, 1.82) is 0 Å². The van der Waals surface area contributed by atoms with E-state index >= 15 is 0 Å². The van der Waals surface area contributed by atoms with Gasteiger partial charge < -0.3 is 0 Å². The first-order valence-corrected chi connectivity index (χ1v) is 11.9. The van der Waals surface area contributed by atoms with Gasteiger partial charge in [0.1, 0.15) is 0 Å². The first kappa shape index (κ1) is 19.2. The minimum Gasteiger partial charge on any atom is -0.298 e. The number of rotatable bonds is 5. The molecule has 1 amide bonds. The van der Waals surface area contributed by atoms with E-state index in [2.05, 4.69) is 15.3 Å². The van der Waals surface area contributed by atoms with Gasteiger partial charge in [0, 0.05) is 24.5 Å². The normalized spacial score (nSPS) is 15.6. The molecule has 0 radical (unpaired) electrons. The van der Waals surface area contributed by atoms with Crippen LogP contribution in [0.2, 0.25) is 0 Å². The molecule has 0 unspecified atom stereocenters. The van der Waals surface area contributed by atoms with Crippen molar-refractivity contribution in [3.63, 3.8) is 0 Å². The summed E-state index contributed by atoms with van der Waals surface area (Å²) in [4.78, 5) is 21.0. The van der Waals surface area contributed by atoms with Gasteiger partial charge in [-0.15, -0.1) is 11.3 Å². The van der Waals surface area contributed by atoms with Gasteiger partial charge in [0.25, 0.3) is 0 Å². The highest BCUT2D eigenvalue weighted by molar-refractivity contribution is 7.89. The summed E-state index contributed by atoms with van der Waals surface area (Å²) < 4.78 is 27.7. The lowest BCUT2D eigenvalue weighted by molar-refractivity contribution is -0.111. The number of fused-ring (bicyclic) bond motifs is 1. The number of aromatic nitrogens is 2. The molecule has 0 atom stereocenters. The quantitative estimate of drug-likeness (QED) is 0.621. The molecular weight excluding hydrogens is 416 g/mol. The molecule has 10 heteroatoms. The summed E-state index contributed by atoms with van der Waals surface area (Å²) in [5.41, 5.74) is 1.39. The second-order valence-corrected chi connectivity index (χ2v) is 10.4. The van der Waals surface area contributed by atoms with Gasteiger partial charge >= 0.3 is 0 Å². The van der Waals surface area contributed by atoms with Crippen LogP contribution in [0.25, 0.3) is 16.3 Å². The number of benzene rings is 1. The maximum Gasteiger partial charge on any atom is 0.250 e. The third-order valence-corrected chi connectivity index (χ3v) is 7.96. The van der Waals surface area contributed by atoms with E-state index in [0.29, 0.717) is 23.7 Å². The topological polar surface area (TPSA) is 92.3 Å². The molecule has 7 nitrogen and oxygen atoms in total. The van der Waals surface area contributed by atoms with E-state index in [-0.39, 0.29) is 10.8 Å². The van der Waals surface area contributed by atoms with Gasteiger partial charge in [-0.1, -0.05) is 11.3 Å². The summed E-state index contributed by atoms with van der Waals surface area (Å²) in [5.74, 6) is -0.311. The van der Waals surface area contributed by atoms with Crippen LogP contribution in [0.15, 0.2) is 34.6 Å². The largest absolute Gasteiger partial charge is 0.298 e. The number of carbonyl (C=O) groups is 1. The molecule has 2 aromatic heterocycles. The zero-order valence-corrected chi connectivity index (χ0v) is 17.5. The fourth-order valence-electron chi connectivity index (χ4n) is 2.96. The highest BCUT2D eigenvalue weighted by atomic mass is 32.2. The molecule has 0 spiro atoms. The lowest BCUT2D eigenvalue weighted by Gasteiger charge is -2.15. The van der Waals surface area contributed by atoms with E-state index in [1.54, 1.807) is 24.3 Å². The van der Waals surface area contributed by atoms with Gasteiger partial charge in [-0.2, -0.15) is 4.31 Å². The van der Waals surface area contributed by atoms with Crippen LogP contribution in [0.4, 0.5) is 5.13 Å². The minimum absolute atomic E-state index is 0.266. The molecule has 0 saturated carbocycles. The number of sulfonamides is 1. The highest BCUT2D eigenvalue weighted by Gasteiger charge is 2.27. The third kappa shape index (κ3) is 4.00. The Kier molecular flexibility index (Phi) is 5.28. The van der Waals surface area contributed by atoms with Crippen molar-refractivity contribution in [1.82, 2.24) is 14.3 Å². The molecule has 28 heavy (non-hydrogen) atoms. The summed E-state index contributed by atoms with van der Waals surface area (Å²) in [6.07, 6.45) is 4.84. The number of nitrogens with zero attached hydrogens (tertiary/aromatic N) is 3. The van der Waals surface area contributed by atoms with Gasteiger partial charge in [0.2, 0.25) is 15.9 Å². The Morgan fingerprint density at radius 3 is 2.75 bits per heavy atom. The molecule has 146 valence electrons. The molecule has 3 heterocycles. The number of thiazole rings is 2. The third-order valence-electron chi connectivity index (χ3n) is 4.34. The van der Waals surface area contributed by atoms with Crippen LogP contribution < -0.4 is 5.32 Å². The molecule has 1 aliphatic rings. The molecule has 0 bridgehead atoms. The molecule has 4 rings (SSSR count). The Bertz CT molecular complexity index is 1160. The van der Waals surface area contributed by atoms with Gasteiger partial charge in [-0.05, 0) is 44.0 Å². The Labute approximate surface area is 170 Å². The summed E-state index contributed by atoms with van der Waals surface area (Å²) in [7, 11) is -3.47. The predicted octanol–water partition coefficient (Wildman–Crippen LogP) is 3.50. The lowest BCUT2D eigenvalue weighted by atomic mass is 10.3. The Morgan fingerprint density at radius 1 is 1.25 bits per heavy atom. The zero-order valence-electron chi connectivity index (χ0n) is 15.1. The van der Waals surface area contributed by atoms with Gasteiger partial charge in [0.05, 0.1) is 25.8 Å². The Morgan fingerprint density at radius 2 is 2.04 bits per heavy atom. The van der Waals surface area contributed by atoms with Crippen LogP contribution in [-0.2, 0) is 14.8 Å². The van der Waals surface area contributed by atoms with Crippen LogP contribution in [-0.4, -0.2) is 41.7 Å². The molecule has 1 aliphatic heterocycles.